The normalized spacial score (nSPS) is 12.9. The summed E-state index contributed by atoms with van der Waals surface area (Å²) in [5, 5.41) is 3.67. The van der Waals surface area contributed by atoms with Crippen LogP contribution in [0.1, 0.15) is 37.3 Å². The molecule has 1 aliphatic heterocycles. The second-order valence-corrected chi connectivity index (χ2v) is 13.0. The van der Waals surface area contributed by atoms with Crippen LogP contribution >= 0.6 is 23.2 Å². The number of carbonyl (C=O) groups is 2. The lowest BCUT2D eigenvalue weighted by molar-refractivity contribution is -0.141. The standard InChI is InChI=1S/C31H35Cl2N3O6S/c1-3-15-34-31(38)27(18-22-8-5-4-6-9-22)35(20-23-11-13-25(32)26(33)17-23)30(37)10-7-16-36(43(2,39)40)24-12-14-28-29(19-24)42-21-41-28/h4-6,8-9,11-14,17,19,27H,3,7,10,15-16,18,20-21H2,1-2H3,(H,34,38). The molecule has 0 aromatic heterocycles. The van der Waals surface area contributed by atoms with Gasteiger partial charge in [0.1, 0.15) is 6.04 Å². The molecule has 12 heteroatoms. The van der Waals surface area contributed by atoms with Crippen LogP contribution in [-0.4, -0.2) is 57.3 Å². The van der Waals surface area contributed by atoms with Crippen molar-refractivity contribution >= 4 is 50.7 Å². The average molecular weight is 649 g/mol. The van der Waals surface area contributed by atoms with Crippen LogP contribution < -0.4 is 19.1 Å². The van der Waals surface area contributed by atoms with E-state index in [2.05, 4.69) is 5.32 Å². The average Bonchev–Trinajstić information content (AvgIpc) is 3.45. The van der Waals surface area contributed by atoms with Gasteiger partial charge in [0.2, 0.25) is 28.6 Å². The molecule has 0 saturated carbocycles. The third kappa shape index (κ3) is 8.78. The van der Waals surface area contributed by atoms with E-state index in [1.807, 2.05) is 37.3 Å². The number of nitrogens with zero attached hydrogens (tertiary/aromatic N) is 2. The third-order valence-electron chi connectivity index (χ3n) is 6.95. The SMILES string of the molecule is CCCNC(=O)C(Cc1ccccc1)N(Cc1ccc(Cl)c(Cl)c1)C(=O)CCCN(c1ccc2c(c1)OCO2)S(C)(=O)=O. The second kappa shape index (κ2) is 14.8. The molecule has 9 nitrogen and oxygen atoms in total. The van der Waals surface area contributed by atoms with Crippen LogP contribution in [0.4, 0.5) is 5.69 Å². The molecule has 1 heterocycles. The van der Waals surface area contributed by atoms with Gasteiger partial charge in [0.05, 0.1) is 22.0 Å². The maximum Gasteiger partial charge on any atom is 0.243 e. The number of nitrogens with one attached hydrogen (secondary N) is 1. The summed E-state index contributed by atoms with van der Waals surface area (Å²) in [5.41, 5.74) is 2.02. The molecule has 1 aliphatic rings. The van der Waals surface area contributed by atoms with Gasteiger partial charge in [-0.1, -0.05) is 66.5 Å². The molecule has 2 amide bonds. The van der Waals surface area contributed by atoms with Gasteiger partial charge >= 0.3 is 0 Å². The summed E-state index contributed by atoms with van der Waals surface area (Å²) >= 11 is 12.4. The summed E-state index contributed by atoms with van der Waals surface area (Å²) in [4.78, 5) is 29.0. The lowest BCUT2D eigenvalue weighted by Crippen LogP contribution is -2.50. The zero-order chi connectivity index (χ0) is 31.0. The lowest BCUT2D eigenvalue weighted by Gasteiger charge is -2.32. The number of halogens is 2. The van der Waals surface area contributed by atoms with E-state index in [0.717, 1.165) is 18.2 Å². The van der Waals surface area contributed by atoms with Crippen molar-refractivity contribution in [2.75, 3.05) is 30.4 Å². The number of hydrogen-bond acceptors (Lipinski definition) is 6. The molecule has 230 valence electrons. The Bertz CT molecular complexity index is 1540. The first kappa shape index (κ1) is 32.4. The quantitative estimate of drug-likeness (QED) is 0.250. The smallest absolute Gasteiger partial charge is 0.243 e. The third-order valence-corrected chi connectivity index (χ3v) is 8.89. The van der Waals surface area contributed by atoms with Crippen molar-refractivity contribution in [1.29, 1.82) is 0 Å². The highest BCUT2D eigenvalue weighted by atomic mass is 35.5. The van der Waals surface area contributed by atoms with Gasteiger partial charge < -0.3 is 19.7 Å². The Hall–Kier alpha value is -3.47. The van der Waals surface area contributed by atoms with Gasteiger partial charge in [0.25, 0.3) is 0 Å². The van der Waals surface area contributed by atoms with Crippen LogP contribution in [0.25, 0.3) is 0 Å². The molecular weight excluding hydrogens is 613 g/mol. The van der Waals surface area contributed by atoms with E-state index >= 15 is 0 Å². The molecule has 43 heavy (non-hydrogen) atoms. The highest BCUT2D eigenvalue weighted by Crippen LogP contribution is 2.36. The largest absolute Gasteiger partial charge is 0.454 e. The maximum absolute atomic E-state index is 13.9. The molecule has 0 fully saturated rings. The number of amides is 2. The maximum atomic E-state index is 13.9. The van der Waals surface area contributed by atoms with Crippen LogP contribution in [0.5, 0.6) is 11.5 Å². The molecule has 1 atom stereocenters. The van der Waals surface area contributed by atoms with Crippen molar-refractivity contribution in [1.82, 2.24) is 10.2 Å². The first-order chi connectivity index (χ1) is 20.6. The fourth-order valence-electron chi connectivity index (χ4n) is 4.80. The number of ether oxygens (including phenoxy) is 2. The van der Waals surface area contributed by atoms with Crippen molar-refractivity contribution in [2.45, 2.75) is 45.2 Å². The number of benzene rings is 3. The Morgan fingerprint density at radius 2 is 1.70 bits per heavy atom. The number of carbonyl (C=O) groups excluding carboxylic acids is 2. The molecule has 3 aromatic rings. The topological polar surface area (TPSA) is 105 Å². The molecule has 1 N–H and O–H groups in total. The molecular formula is C31H35Cl2N3O6S. The van der Waals surface area contributed by atoms with Gasteiger partial charge in [-0.2, -0.15) is 0 Å². The number of anilines is 1. The van der Waals surface area contributed by atoms with E-state index < -0.39 is 16.1 Å². The van der Waals surface area contributed by atoms with Gasteiger partial charge in [0.15, 0.2) is 11.5 Å². The molecule has 1 unspecified atom stereocenters. The van der Waals surface area contributed by atoms with E-state index in [0.29, 0.717) is 45.8 Å². The van der Waals surface area contributed by atoms with Crippen LogP contribution in [0.3, 0.4) is 0 Å². The summed E-state index contributed by atoms with van der Waals surface area (Å²) < 4.78 is 37.4. The molecule has 0 radical (unpaired) electrons. The second-order valence-electron chi connectivity index (χ2n) is 10.2. The highest BCUT2D eigenvalue weighted by molar-refractivity contribution is 7.92. The van der Waals surface area contributed by atoms with Gasteiger partial charge in [-0.05, 0) is 48.2 Å². The molecule has 3 aromatic carbocycles. The number of sulfonamides is 1. The Morgan fingerprint density at radius 3 is 2.40 bits per heavy atom. The predicted octanol–water partition coefficient (Wildman–Crippen LogP) is 5.43. The van der Waals surface area contributed by atoms with E-state index in [4.69, 9.17) is 32.7 Å². The van der Waals surface area contributed by atoms with Crippen molar-refractivity contribution in [3.8, 4) is 11.5 Å². The van der Waals surface area contributed by atoms with Gasteiger partial charge in [-0.3, -0.25) is 13.9 Å². The summed E-state index contributed by atoms with van der Waals surface area (Å²) in [6.07, 6.45) is 2.38. The van der Waals surface area contributed by atoms with Crippen LogP contribution in [0, 0.1) is 0 Å². The van der Waals surface area contributed by atoms with Gasteiger partial charge in [-0.25, -0.2) is 8.42 Å². The lowest BCUT2D eigenvalue weighted by atomic mass is 10.0. The van der Waals surface area contributed by atoms with Crippen LogP contribution in [0.15, 0.2) is 66.7 Å². The van der Waals surface area contributed by atoms with Crippen LogP contribution in [-0.2, 0) is 32.6 Å². The number of fused-ring (bicyclic) bond motifs is 1. The van der Waals surface area contributed by atoms with Gasteiger partial charge in [-0.15, -0.1) is 0 Å². The molecule has 0 bridgehead atoms. The zero-order valence-corrected chi connectivity index (χ0v) is 26.4. The predicted molar refractivity (Wildman–Crippen MR) is 168 cm³/mol. The van der Waals surface area contributed by atoms with E-state index in [1.165, 1.54) is 4.31 Å². The van der Waals surface area contributed by atoms with Crippen molar-refractivity contribution in [2.24, 2.45) is 0 Å². The monoisotopic (exact) mass is 647 g/mol. The first-order valence-electron chi connectivity index (χ1n) is 14.0. The van der Waals surface area contributed by atoms with Crippen molar-refractivity contribution in [3.05, 3.63) is 87.9 Å². The molecule has 0 saturated heterocycles. The molecule has 0 aliphatic carbocycles. The molecule has 4 rings (SSSR count). The minimum absolute atomic E-state index is 0.00421. The minimum Gasteiger partial charge on any atom is -0.454 e. The van der Waals surface area contributed by atoms with E-state index in [1.54, 1.807) is 41.3 Å². The van der Waals surface area contributed by atoms with Crippen molar-refractivity contribution < 1.29 is 27.5 Å². The Labute approximate surface area is 262 Å². The summed E-state index contributed by atoms with van der Waals surface area (Å²) in [5.74, 6) is 0.433. The molecule has 0 spiro atoms. The Morgan fingerprint density at radius 1 is 0.953 bits per heavy atom. The fraction of sp³-hybridized carbons (Fsp3) is 0.355. The minimum atomic E-state index is -3.67. The number of rotatable bonds is 14. The van der Waals surface area contributed by atoms with Gasteiger partial charge in [0, 0.05) is 38.5 Å². The number of hydrogen-bond donors (Lipinski definition) is 1. The Balaban J connectivity index is 1.58. The summed E-state index contributed by atoms with van der Waals surface area (Å²) in [6.45, 7) is 2.66. The van der Waals surface area contributed by atoms with E-state index in [-0.39, 0.29) is 44.5 Å². The summed E-state index contributed by atoms with van der Waals surface area (Å²) in [7, 11) is -3.67. The highest BCUT2D eigenvalue weighted by Gasteiger charge is 2.31. The van der Waals surface area contributed by atoms with E-state index in [9.17, 15) is 18.0 Å². The summed E-state index contributed by atoms with van der Waals surface area (Å²) in [6, 6.07) is 18.7. The fourth-order valence-corrected chi connectivity index (χ4v) is 6.08. The first-order valence-corrected chi connectivity index (χ1v) is 16.6. The van der Waals surface area contributed by atoms with Crippen molar-refractivity contribution in [3.63, 3.8) is 0 Å². The Kier molecular flexibility index (Phi) is 11.2. The van der Waals surface area contributed by atoms with Crippen LogP contribution in [0.2, 0.25) is 10.0 Å². The zero-order valence-electron chi connectivity index (χ0n) is 24.1.